The van der Waals surface area contributed by atoms with E-state index in [9.17, 15) is 12.8 Å². The molecule has 0 saturated carbocycles. The van der Waals surface area contributed by atoms with E-state index in [0.717, 1.165) is 56.2 Å². The minimum Gasteiger partial charge on any atom is -0.368 e. The van der Waals surface area contributed by atoms with E-state index >= 15 is 0 Å². The number of rotatable bonds is 5. The van der Waals surface area contributed by atoms with Gasteiger partial charge in [-0.2, -0.15) is 0 Å². The second-order valence-electron chi connectivity index (χ2n) is 7.77. The van der Waals surface area contributed by atoms with Gasteiger partial charge in [-0.15, -0.1) is 12.4 Å². The molecule has 2 aliphatic rings. The van der Waals surface area contributed by atoms with Crippen molar-refractivity contribution in [2.24, 2.45) is 0 Å². The number of likely N-dealkylation sites (tertiary alicyclic amines) is 1. The fourth-order valence-electron chi connectivity index (χ4n) is 4.49. The van der Waals surface area contributed by atoms with E-state index in [-0.39, 0.29) is 22.2 Å². The van der Waals surface area contributed by atoms with Crippen LogP contribution in [0.3, 0.4) is 0 Å². The smallest absolute Gasteiger partial charge is 0.206 e. The van der Waals surface area contributed by atoms with E-state index in [4.69, 9.17) is 0 Å². The predicted molar refractivity (Wildman–Crippen MR) is 116 cm³/mol. The fraction of sp³-hybridized carbons (Fsp3) is 0.455. The molecule has 0 aliphatic carbocycles. The fourth-order valence-corrected chi connectivity index (χ4v) is 5.83. The maximum absolute atomic E-state index is 13.5. The molecular weight excluding hydrogens is 411 g/mol. The van der Waals surface area contributed by atoms with Gasteiger partial charge in [-0.25, -0.2) is 12.8 Å². The van der Waals surface area contributed by atoms with E-state index in [1.165, 1.54) is 31.2 Å². The number of halogens is 2. The number of sulfone groups is 1. The van der Waals surface area contributed by atoms with Crippen molar-refractivity contribution in [3.05, 3.63) is 53.8 Å². The van der Waals surface area contributed by atoms with E-state index < -0.39 is 15.7 Å². The quantitative estimate of drug-likeness (QED) is 0.697. The lowest BCUT2D eigenvalue weighted by molar-refractivity contribution is 0.210. The molecule has 7 heteroatoms. The van der Waals surface area contributed by atoms with Gasteiger partial charge in [0.05, 0.1) is 9.79 Å². The highest BCUT2D eigenvalue weighted by Gasteiger charge is 2.30. The van der Waals surface area contributed by atoms with Crippen molar-refractivity contribution in [1.82, 2.24) is 4.90 Å². The maximum atomic E-state index is 13.5. The molecule has 158 valence electrons. The Bertz CT molecular complexity index is 959. The number of anilines is 1. The molecule has 0 bridgehead atoms. The largest absolute Gasteiger partial charge is 0.368 e. The molecule has 0 amide bonds. The Hall–Kier alpha value is -1.63. The third-order valence-corrected chi connectivity index (χ3v) is 7.69. The second kappa shape index (κ2) is 9.02. The van der Waals surface area contributed by atoms with Crippen LogP contribution in [0.15, 0.2) is 52.3 Å². The third-order valence-electron chi connectivity index (χ3n) is 5.94. The Kier molecular flexibility index (Phi) is 6.87. The van der Waals surface area contributed by atoms with Crippen molar-refractivity contribution in [2.75, 3.05) is 31.1 Å². The topological polar surface area (TPSA) is 40.6 Å². The molecule has 0 radical (unpaired) electrons. The predicted octanol–water partition coefficient (Wildman–Crippen LogP) is 4.32. The second-order valence-corrected chi connectivity index (χ2v) is 9.72. The summed E-state index contributed by atoms with van der Waals surface area (Å²) in [4.78, 5) is 5.24. The molecule has 2 aromatic rings. The molecule has 2 aromatic carbocycles. The number of nitrogens with zero attached hydrogens (tertiary/aromatic N) is 2. The lowest BCUT2D eigenvalue weighted by Crippen LogP contribution is -2.44. The Balaban J connectivity index is 0.00000240. The SMILES string of the molecule is CCCN1CCC(N2CCc3cc(S(=O)(=O)c4cccc(F)c4)ccc32)CC1.Cl. The molecule has 4 nitrogen and oxygen atoms in total. The zero-order chi connectivity index (χ0) is 19.7. The van der Waals surface area contributed by atoms with Crippen LogP contribution < -0.4 is 4.90 Å². The zero-order valence-electron chi connectivity index (χ0n) is 16.7. The Morgan fingerprint density at radius 2 is 1.76 bits per heavy atom. The molecule has 0 atom stereocenters. The van der Waals surface area contributed by atoms with Crippen molar-refractivity contribution in [3.63, 3.8) is 0 Å². The highest BCUT2D eigenvalue weighted by atomic mass is 35.5. The lowest BCUT2D eigenvalue weighted by Gasteiger charge is -2.38. The highest BCUT2D eigenvalue weighted by molar-refractivity contribution is 7.91. The van der Waals surface area contributed by atoms with Gasteiger partial charge in [-0.05, 0) is 74.2 Å². The van der Waals surface area contributed by atoms with Gasteiger partial charge >= 0.3 is 0 Å². The van der Waals surface area contributed by atoms with Crippen LogP contribution in [-0.4, -0.2) is 45.5 Å². The average Bonchev–Trinajstić information content (AvgIpc) is 3.12. The molecule has 0 aromatic heterocycles. The van der Waals surface area contributed by atoms with Crippen LogP contribution in [0.1, 0.15) is 31.7 Å². The summed E-state index contributed by atoms with van der Waals surface area (Å²) < 4.78 is 39.3. The van der Waals surface area contributed by atoms with Gasteiger partial charge in [0, 0.05) is 31.4 Å². The molecule has 2 aliphatic heterocycles. The van der Waals surface area contributed by atoms with Crippen LogP contribution >= 0.6 is 12.4 Å². The van der Waals surface area contributed by atoms with Crippen molar-refractivity contribution in [2.45, 2.75) is 48.4 Å². The summed E-state index contributed by atoms with van der Waals surface area (Å²) in [6, 6.07) is 11.1. The first kappa shape index (κ1) is 22.1. The minimum atomic E-state index is -3.70. The Morgan fingerprint density at radius 1 is 1.03 bits per heavy atom. The van der Waals surface area contributed by atoms with Gasteiger partial charge in [-0.3, -0.25) is 0 Å². The van der Waals surface area contributed by atoms with Crippen LogP contribution in [0.25, 0.3) is 0 Å². The van der Waals surface area contributed by atoms with E-state index in [2.05, 4.69) is 16.7 Å². The molecule has 0 N–H and O–H groups in total. The molecule has 1 fully saturated rings. The molecule has 29 heavy (non-hydrogen) atoms. The summed E-state index contributed by atoms with van der Waals surface area (Å²) in [6.45, 7) is 6.60. The molecule has 0 unspecified atom stereocenters. The number of hydrogen-bond acceptors (Lipinski definition) is 4. The van der Waals surface area contributed by atoms with Crippen molar-refractivity contribution >= 4 is 27.9 Å². The maximum Gasteiger partial charge on any atom is 0.206 e. The van der Waals surface area contributed by atoms with Gasteiger partial charge < -0.3 is 9.80 Å². The number of piperidine rings is 1. The molecule has 1 saturated heterocycles. The normalized spacial score (nSPS) is 17.8. The summed E-state index contributed by atoms with van der Waals surface area (Å²) in [7, 11) is -3.70. The number of fused-ring (bicyclic) bond motifs is 1. The van der Waals surface area contributed by atoms with Crippen molar-refractivity contribution in [1.29, 1.82) is 0 Å². The van der Waals surface area contributed by atoms with Crippen LogP contribution in [0.2, 0.25) is 0 Å². The summed E-state index contributed by atoms with van der Waals surface area (Å²) >= 11 is 0. The van der Waals surface area contributed by atoms with Gasteiger partial charge in [0.25, 0.3) is 0 Å². The van der Waals surface area contributed by atoms with E-state index in [1.807, 2.05) is 6.07 Å². The summed E-state index contributed by atoms with van der Waals surface area (Å²) in [5.41, 5.74) is 2.24. The first-order valence-electron chi connectivity index (χ1n) is 10.1. The minimum absolute atomic E-state index is 0. The average molecular weight is 439 g/mol. The Labute approximate surface area is 179 Å². The number of hydrogen-bond donors (Lipinski definition) is 0. The van der Waals surface area contributed by atoms with Crippen LogP contribution in [0, 0.1) is 5.82 Å². The van der Waals surface area contributed by atoms with Crippen LogP contribution in [-0.2, 0) is 16.3 Å². The Morgan fingerprint density at radius 3 is 2.45 bits per heavy atom. The van der Waals surface area contributed by atoms with Crippen molar-refractivity contribution in [3.8, 4) is 0 Å². The molecular formula is C22H28ClFN2O2S. The van der Waals surface area contributed by atoms with E-state index in [1.54, 1.807) is 12.1 Å². The third kappa shape index (κ3) is 4.44. The molecule has 4 rings (SSSR count). The first-order valence-corrected chi connectivity index (χ1v) is 11.6. The number of benzene rings is 2. The van der Waals surface area contributed by atoms with Crippen LogP contribution in [0.4, 0.5) is 10.1 Å². The lowest BCUT2D eigenvalue weighted by atomic mass is 10.0. The first-order chi connectivity index (χ1) is 13.5. The standard InChI is InChI=1S/C22H27FN2O2S.ClH/c1-2-11-24-12-9-19(10-13-24)25-14-8-17-15-21(6-7-22(17)25)28(26,27)20-5-3-4-18(23)16-20;/h3-7,15-16,19H,2,8-14H2,1H3;1H. The summed E-state index contributed by atoms with van der Waals surface area (Å²) in [6.07, 6.45) is 4.36. The van der Waals surface area contributed by atoms with Gasteiger partial charge in [0.15, 0.2) is 0 Å². The van der Waals surface area contributed by atoms with Gasteiger partial charge in [0.2, 0.25) is 9.84 Å². The van der Waals surface area contributed by atoms with Crippen LogP contribution in [0.5, 0.6) is 0 Å². The van der Waals surface area contributed by atoms with E-state index in [0.29, 0.717) is 6.04 Å². The zero-order valence-corrected chi connectivity index (χ0v) is 18.3. The molecule has 2 heterocycles. The molecule has 0 spiro atoms. The summed E-state index contributed by atoms with van der Waals surface area (Å²) in [5, 5.41) is 0. The van der Waals surface area contributed by atoms with Crippen molar-refractivity contribution < 1.29 is 12.8 Å². The summed E-state index contributed by atoms with van der Waals surface area (Å²) in [5.74, 6) is -0.539. The van der Waals surface area contributed by atoms with Gasteiger partial charge in [0.1, 0.15) is 5.82 Å². The van der Waals surface area contributed by atoms with Gasteiger partial charge in [-0.1, -0.05) is 13.0 Å². The monoisotopic (exact) mass is 438 g/mol. The highest BCUT2D eigenvalue weighted by Crippen LogP contribution is 2.35.